The van der Waals surface area contributed by atoms with Gasteiger partial charge in [-0.2, -0.15) is 5.26 Å². The van der Waals surface area contributed by atoms with Crippen molar-refractivity contribution in [2.75, 3.05) is 18.9 Å². The third-order valence-electron chi connectivity index (χ3n) is 4.55. The van der Waals surface area contributed by atoms with E-state index in [2.05, 4.69) is 31.7 Å². The monoisotopic (exact) mass is 409 g/mol. The number of carbonyl (C=O) groups excluding carboxylic acids is 1. The number of nitrogens with one attached hydrogen (secondary N) is 2. The number of nitrogens with two attached hydrogens (primary N) is 1. The lowest BCUT2D eigenvalue weighted by molar-refractivity contribution is 0.0948. The first-order valence-corrected chi connectivity index (χ1v) is 9.31. The van der Waals surface area contributed by atoms with Crippen LogP contribution in [0.15, 0.2) is 47.4 Å². The van der Waals surface area contributed by atoms with Crippen LogP contribution in [0.1, 0.15) is 23.2 Å². The molecular formula is C20H20ClN7O. The van der Waals surface area contributed by atoms with Crippen molar-refractivity contribution in [1.29, 1.82) is 5.26 Å². The number of hydrogen-bond acceptors (Lipinski definition) is 7. The Labute approximate surface area is 173 Å². The molecule has 1 aromatic heterocycles. The second kappa shape index (κ2) is 8.71. The highest BCUT2D eigenvalue weighted by molar-refractivity contribution is 6.32. The molecule has 1 aliphatic carbocycles. The van der Waals surface area contributed by atoms with Gasteiger partial charge in [0, 0.05) is 37.1 Å². The van der Waals surface area contributed by atoms with Crippen LogP contribution in [-0.2, 0) is 0 Å². The average Bonchev–Trinajstić information content (AvgIpc) is 3.53. The molecule has 8 nitrogen and oxygen atoms in total. The summed E-state index contributed by atoms with van der Waals surface area (Å²) >= 11 is 6.26. The van der Waals surface area contributed by atoms with E-state index in [1.807, 2.05) is 0 Å². The first-order valence-electron chi connectivity index (χ1n) is 8.94. The summed E-state index contributed by atoms with van der Waals surface area (Å²) in [5.41, 5.74) is 7.45. The highest BCUT2D eigenvalue weighted by Gasteiger charge is 2.43. The number of allylic oxidation sites excluding steroid dienone is 1. The van der Waals surface area contributed by atoms with E-state index in [9.17, 15) is 4.79 Å². The van der Waals surface area contributed by atoms with Crippen LogP contribution in [0.5, 0.6) is 0 Å². The fourth-order valence-electron chi connectivity index (χ4n) is 2.62. The van der Waals surface area contributed by atoms with Crippen molar-refractivity contribution in [3.8, 4) is 17.3 Å². The van der Waals surface area contributed by atoms with Crippen molar-refractivity contribution in [3.05, 3.63) is 52.9 Å². The maximum absolute atomic E-state index is 12.3. The predicted octanol–water partition coefficient (Wildman–Crippen LogP) is 2.74. The van der Waals surface area contributed by atoms with Gasteiger partial charge in [0.25, 0.3) is 5.91 Å². The second-order valence-electron chi connectivity index (χ2n) is 6.68. The van der Waals surface area contributed by atoms with Crippen LogP contribution >= 0.6 is 11.6 Å². The van der Waals surface area contributed by atoms with E-state index in [1.165, 1.54) is 12.4 Å². The molecule has 0 saturated heterocycles. The Kier molecular flexibility index (Phi) is 6.10. The molecule has 1 fully saturated rings. The molecular weight excluding hydrogens is 390 g/mol. The molecule has 0 unspecified atom stereocenters. The van der Waals surface area contributed by atoms with Crippen LogP contribution in [0.2, 0.25) is 5.02 Å². The minimum Gasteiger partial charge on any atom is -0.403 e. The molecule has 9 heteroatoms. The first kappa shape index (κ1) is 20.3. The SMILES string of the molecule is CN=CC(=CN)Nc1ncc(Cl)c(-c2ccc(C(=O)NCC3(C#N)CC3)cc2)n1. The molecule has 1 amide bonds. The van der Waals surface area contributed by atoms with Crippen LogP contribution < -0.4 is 16.4 Å². The van der Waals surface area contributed by atoms with Gasteiger partial charge in [0.1, 0.15) is 0 Å². The highest BCUT2D eigenvalue weighted by atomic mass is 35.5. The third-order valence-corrected chi connectivity index (χ3v) is 4.82. The van der Waals surface area contributed by atoms with Gasteiger partial charge in [-0.05, 0) is 25.0 Å². The standard InChI is InChI=1S/C20H20ClN7O/c1-24-9-15(8-22)27-19-25-10-16(21)17(28-19)13-2-4-14(5-3-13)18(29)26-12-20(11-23)6-7-20/h2-5,8-10H,6-7,12,22H2,1H3,(H,26,29)(H,25,27,28). The van der Waals surface area contributed by atoms with Gasteiger partial charge in [0.15, 0.2) is 0 Å². The van der Waals surface area contributed by atoms with Crippen LogP contribution in [0.4, 0.5) is 5.95 Å². The third kappa shape index (κ3) is 4.89. The smallest absolute Gasteiger partial charge is 0.251 e. The molecule has 1 saturated carbocycles. The van der Waals surface area contributed by atoms with Gasteiger partial charge in [-0.1, -0.05) is 23.7 Å². The van der Waals surface area contributed by atoms with E-state index < -0.39 is 0 Å². The quantitative estimate of drug-likeness (QED) is 0.603. The summed E-state index contributed by atoms with van der Waals surface area (Å²) < 4.78 is 0. The molecule has 2 aromatic rings. The molecule has 0 aliphatic heterocycles. The Morgan fingerprint density at radius 2 is 2.14 bits per heavy atom. The van der Waals surface area contributed by atoms with E-state index in [-0.39, 0.29) is 11.3 Å². The van der Waals surface area contributed by atoms with E-state index in [0.29, 0.717) is 34.5 Å². The number of rotatable bonds is 7. The number of aliphatic imine (C=N–C) groups is 1. The lowest BCUT2D eigenvalue weighted by Crippen LogP contribution is -2.29. The zero-order valence-corrected chi connectivity index (χ0v) is 16.6. The summed E-state index contributed by atoms with van der Waals surface area (Å²) in [6, 6.07) is 9.16. The molecule has 3 rings (SSSR count). The van der Waals surface area contributed by atoms with Crippen molar-refractivity contribution in [3.63, 3.8) is 0 Å². The normalized spacial score (nSPS) is 15.0. The molecule has 0 radical (unpaired) electrons. The molecule has 1 aromatic carbocycles. The van der Waals surface area contributed by atoms with Crippen molar-refractivity contribution in [2.24, 2.45) is 16.1 Å². The summed E-state index contributed by atoms with van der Waals surface area (Å²) in [5, 5.41) is 15.3. The van der Waals surface area contributed by atoms with Crippen molar-refractivity contribution in [2.45, 2.75) is 12.8 Å². The first-order chi connectivity index (χ1) is 14.0. The number of aromatic nitrogens is 2. The lowest BCUT2D eigenvalue weighted by Gasteiger charge is -2.10. The Bertz CT molecular complexity index is 1000. The summed E-state index contributed by atoms with van der Waals surface area (Å²) in [6.45, 7) is 0.370. The van der Waals surface area contributed by atoms with Gasteiger partial charge in [-0.25, -0.2) is 9.97 Å². The lowest BCUT2D eigenvalue weighted by atomic mass is 10.1. The van der Waals surface area contributed by atoms with Gasteiger partial charge in [-0.3, -0.25) is 9.79 Å². The largest absolute Gasteiger partial charge is 0.403 e. The fraction of sp³-hybridized carbons (Fsp3) is 0.250. The number of benzene rings is 1. The van der Waals surface area contributed by atoms with Gasteiger partial charge in [-0.15, -0.1) is 0 Å². The van der Waals surface area contributed by atoms with Crippen LogP contribution in [0.25, 0.3) is 11.3 Å². The number of anilines is 1. The van der Waals surface area contributed by atoms with Crippen LogP contribution in [0.3, 0.4) is 0 Å². The highest BCUT2D eigenvalue weighted by Crippen LogP contribution is 2.44. The minimum absolute atomic E-state index is 0.217. The van der Waals surface area contributed by atoms with Crippen LogP contribution in [0, 0.1) is 16.7 Å². The summed E-state index contributed by atoms with van der Waals surface area (Å²) in [7, 11) is 1.63. The molecule has 1 aliphatic rings. The molecule has 148 valence electrons. The summed E-state index contributed by atoms with van der Waals surface area (Å²) in [5.74, 6) is 0.0971. The van der Waals surface area contributed by atoms with E-state index in [4.69, 9.17) is 22.6 Å². The Balaban J connectivity index is 1.74. The minimum atomic E-state index is -0.382. The van der Waals surface area contributed by atoms with E-state index in [0.717, 1.165) is 18.4 Å². The molecule has 0 spiro atoms. The summed E-state index contributed by atoms with van der Waals surface area (Å²) in [4.78, 5) is 24.8. The zero-order valence-electron chi connectivity index (χ0n) is 15.8. The number of hydrogen-bond donors (Lipinski definition) is 3. The topological polar surface area (TPSA) is 129 Å². The van der Waals surface area contributed by atoms with Crippen molar-refractivity contribution < 1.29 is 4.79 Å². The number of amides is 1. The van der Waals surface area contributed by atoms with Gasteiger partial charge >= 0.3 is 0 Å². The molecule has 0 bridgehead atoms. The van der Waals surface area contributed by atoms with Crippen molar-refractivity contribution in [1.82, 2.24) is 15.3 Å². The predicted molar refractivity (Wildman–Crippen MR) is 112 cm³/mol. The van der Waals surface area contributed by atoms with Gasteiger partial charge < -0.3 is 16.4 Å². The number of carbonyl (C=O) groups is 1. The van der Waals surface area contributed by atoms with E-state index in [1.54, 1.807) is 37.5 Å². The maximum Gasteiger partial charge on any atom is 0.251 e. The van der Waals surface area contributed by atoms with Crippen LogP contribution in [-0.4, -0.2) is 35.7 Å². The van der Waals surface area contributed by atoms with Crippen molar-refractivity contribution >= 4 is 29.7 Å². The molecule has 1 heterocycles. The number of nitriles is 1. The molecule has 4 N–H and O–H groups in total. The average molecular weight is 410 g/mol. The maximum atomic E-state index is 12.3. The fourth-order valence-corrected chi connectivity index (χ4v) is 2.83. The van der Waals surface area contributed by atoms with E-state index >= 15 is 0 Å². The second-order valence-corrected chi connectivity index (χ2v) is 7.08. The Hall–Kier alpha value is -3.44. The number of halogens is 1. The molecule has 29 heavy (non-hydrogen) atoms. The Morgan fingerprint density at radius 1 is 1.41 bits per heavy atom. The van der Waals surface area contributed by atoms with Gasteiger partial charge in [0.2, 0.25) is 5.95 Å². The summed E-state index contributed by atoms with van der Waals surface area (Å²) in [6.07, 6.45) is 6.05. The Morgan fingerprint density at radius 3 is 2.72 bits per heavy atom. The zero-order chi connectivity index (χ0) is 20.9. The number of nitrogens with zero attached hydrogens (tertiary/aromatic N) is 4. The van der Waals surface area contributed by atoms with Gasteiger partial charge in [0.05, 0.1) is 34.1 Å². The molecule has 0 atom stereocenters.